The molecule has 0 radical (unpaired) electrons. The van der Waals surface area contributed by atoms with Crippen LogP contribution in [0, 0.1) is 20.2 Å². The third-order valence-electron chi connectivity index (χ3n) is 2.84. The molecule has 1 saturated heterocycles. The van der Waals surface area contributed by atoms with E-state index in [0.717, 1.165) is 24.3 Å². The van der Waals surface area contributed by atoms with E-state index in [9.17, 15) is 29.8 Å². The maximum Gasteiger partial charge on any atom is 0.348 e. The molecular formula is C13H10N2O8. The molecule has 0 aromatic heterocycles. The Kier molecular flexibility index (Phi) is 3.83. The van der Waals surface area contributed by atoms with Gasteiger partial charge in [-0.25, -0.2) is 9.59 Å². The molecule has 1 aromatic carbocycles. The molecule has 0 N–H and O–H groups in total. The molecule has 1 aromatic rings. The topological polar surface area (TPSA) is 139 Å². The van der Waals surface area contributed by atoms with Gasteiger partial charge in [-0.3, -0.25) is 20.2 Å². The lowest BCUT2D eigenvalue weighted by Crippen LogP contribution is -2.41. The molecular weight excluding hydrogens is 312 g/mol. The molecule has 10 nitrogen and oxygen atoms in total. The Hall–Kier alpha value is -3.30. The third-order valence-corrected chi connectivity index (χ3v) is 2.84. The number of cyclic esters (lactones) is 2. The minimum Gasteiger partial charge on any atom is -0.419 e. The zero-order chi connectivity index (χ0) is 17.4. The van der Waals surface area contributed by atoms with E-state index >= 15 is 0 Å². The van der Waals surface area contributed by atoms with Crippen LogP contribution in [0.4, 0.5) is 11.4 Å². The van der Waals surface area contributed by atoms with Crippen LogP contribution in [0.25, 0.3) is 6.08 Å². The van der Waals surface area contributed by atoms with Crippen LogP contribution in [0.2, 0.25) is 0 Å². The first-order valence-corrected chi connectivity index (χ1v) is 6.22. The van der Waals surface area contributed by atoms with Crippen molar-refractivity contribution in [2.75, 3.05) is 0 Å². The van der Waals surface area contributed by atoms with Crippen LogP contribution in [0.3, 0.4) is 0 Å². The van der Waals surface area contributed by atoms with Gasteiger partial charge < -0.3 is 9.47 Å². The summed E-state index contributed by atoms with van der Waals surface area (Å²) in [6.45, 7) is 2.71. The predicted octanol–water partition coefficient (Wildman–Crippen LogP) is 1.72. The highest BCUT2D eigenvalue weighted by Crippen LogP contribution is 2.29. The van der Waals surface area contributed by atoms with Crippen molar-refractivity contribution in [3.8, 4) is 0 Å². The summed E-state index contributed by atoms with van der Waals surface area (Å²) in [4.78, 5) is 43.7. The number of rotatable bonds is 3. The summed E-state index contributed by atoms with van der Waals surface area (Å²) in [7, 11) is 0. The van der Waals surface area contributed by atoms with Gasteiger partial charge in [0.2, 0.25) is 0 Å². The monoisotopic (exact) mass is 322 g/mol. The summed E-state index contributed by atoms with van der Waals surface area (Å²) in [5, 5.41) is 21.7. The van der Waals surface area contributed by atoms with E-state index in [0.29, 0.717) is 0 Å². The highest BCUT2D eigenvalue weighted by molar-refractivity contribution is 6.19. The van der Waals surface area contributed by atoms with Crippen molar-refractivity contribution < 1.29 is 28.9 Å². The summed E-state index contributed by atoms with van der Waals surface area (Å²) in [6, 6.07) is 2.81. The van der Waals surface area contributed by atoms with E-state index in [4.69, 9.17) is 9.47 Å². The summed E-state index contributed by atoms with van der Waals surface area (Å²) < 4.78 is 9.73. The van der Waals surface area contributed by atoms with Gasteiger partial charge in [0.15, 0.2) is 0 Å². The van der Waals surface area contributed by atoms with Crippen molar-refractivity contribution in [1.29, 1.82) is 0 Å². The number of esters is 2. The molecule has 0 bridgehead atoms. The molecule has 0 atom stereocenters. The van der Waals surface area contributed by atoms with Crippen LogP contribution in [-0.2, 0) is 19.1 Å². The van der Waals surface area contributed by atoms with Gasteiger partial charge in [0, 0.05) is 19.9 Å². The first-order valence-electron chi connectivity index (χ1n) is 6.22. The number of hydrogen-bond donors (Lipinski definition) is 0. The zero-order valence-electron chi connectivity index (χ0n) is 12.0. The lowest BCUT2D eigenvalue weighted by Gasteiger charge is -2.29. The first kappa shape index (κ1) is 16.1. The lowest BCUT2D eigenvalue weighted by molar-refractivity contribution is -0.394. The number of non-ortho nitro benzene ring substituents is 1. The fraction of sp³-hybridized carbons (Fsp3) is 0.231. The summed E-state index contributed by atoms with van der Waals surface area (Å²) >= 11 is 0. The van der Waals surface area contributed by atoms with Crippen LogP contribution in [0.5, 0.6) is 0 Å². The number of carbonyl (C=O) groups is 2. The predicted molar refractivity (Wildman–Crippen MR) is 74.0 cm³/mol. The van der Waals surface area contributed by atoms with E-state index in [-0.39, 0.29) is 5.56 Å². The Bertz CT molecular complexity index is 743. The van der Waals surface area contributed by atoms with Crippen molar-refractivity contribution in [3.63, 3.8) is 0 Å². The first-order chi connectivity index (χ1) is 10.6. The van der Waals surface area contributed by atoms with E-state index in [1.165, 1.54) is 13.8 Å². The van der Waals surface area contributed by atoms with Gasteiger partial charge >= 0.3 is 11.9 Å². The fourth-order valence-electron chi connectivity index (χ4n) is 1.86. The molecule has 23 heavy (non-hydrogen) atoms. The number of ether oxygens (including phenoxy) is 2. The lowest BCUT2D eigenvalue weighted by atomic mass is 10.1. The minimum absolute atomic E-state index is 0.163. The summed E-state index contributed by atoms with van der Waals surface area (Å²) in [6.07, 6.45) is 0.905. The van der Waals surface area contributed by atoms with Crippen molar-refractivity contribution in [2.24, 2.45) is 0 Å². The van der Waals surface area contributed by atoms with Gasteiger partial charge in [-0.05, 0) is 12.1 Å². The second kappa shape index (κ2) is 5.48. The Balaban J connectivity index is 2.50. The standard InChI is InChI=1S/C13H10N2O8/c1-13(2)22-11(16)9(12(17)23-13)5-7-3-4-8(14(18)19)6-10(7)15(20)21/h3-6H,1-2H3. The molecule has 0 spiro atoms. The molecule has 10 heteroatoms. The molecule has 0 amide bonds. The van der Waals surface area contributed by atoms with E-state index in [1.54, 1.807) is 0 Å². The van der Waals surface area contributed by atoms with E-state index in [1.807, 2.05) is 0 Å². The van der Waals surface area contributed by atoms with Gasteiger partial charge in [0.05, 0.1) is 21.5 Å². The molecule has 1 aliphatic rings. The normalized spacial score (nSPS) is 16.3. The molecule has 0 unspecified atom stereocenters. The number of benzene rings is 1. The average molecular weight is 322 g/mol. The van der Waals surface area contributed by atoms with Crippen molar-refractivity contribution in [3.05, 3.63) is 49.6 Å². The maximum atomic E-state index is 11.8. The molecule has 0 aliphatic carbocycles. The Morgan fingerprint density at radius 2 is 1.61 bits per heavy atom. The molecule has 120 valence electrons. The zero-order valence-corrected chi connectivity index (χ0v) is 12.0. The Labute approximate surface area is 128 Å². The maximum absolute atomic E-state index is 11.8. The number of hydrogen-bond acceptors (Lipinski definition) is 8. The molecule has 2 rings (SSSR count). The van der Waals surface area contributed by atoms with Crippen LogP contribution in [0.1, 0.15) is 19.4 Å². The summed E-state index contributed by atoms with van der Waals surface area (Å²) in [5.41, 5.74) is -1.82. The largest absolute Gasteiger partial charge is 0.419 e. The van der Waals surface area contributed by atoms with Crippen molar-refractivity contribution >= 4 is 29.4 Å². The number of nitro benzene ring substituents is 2. The molecule has 0 saturated carbocycles. The van der Waals surface area contributed by atoms with Crippen LogP contribution in [-0.4, -0.2) is 27.6 Å². The van der Waals surface area contributed by atoms with E-state index < -0.39 is 44.5 Å². The third kappa shape index (κ3) is 3.31. The number of carbonyl (C=O) groups excluding carboxylic acids is 2. The van der Waals surface area contributed by atoms with Crippen LogP contribution < -0.4 is 0 Å². The second-order valence-electron chi connectivity index (χ2n) is 4.99. The van der Waals surface area contributed by atoms with Gasteiger partial charge in [-0.15, -0.1) is 0 Å². The van der Waals surface area contributed by atoms with Gasteiger partial charge in [-0.2, -0.15) is 0 Å². The van der Waals surface area contributed by atoms with Crippen molar-refractivity contribution in [1.82, 2.24) is 0 Å². The quantitative estimate of drug-likeness (QED) is 0.269. The Morgan fingerprint density at radius 3 is 2.09 bits per heavy atom. The van der Waals surface area contributed by atoms with Crippen LogP contribution in [0.15, 0.2) is 23.8 Å². The fourth-order valence-corrected chi connectivity index (χ4v) is 1.86. The average Bonchev–Trinajstić information content (AvgIpc) is 2.41. The number of nitrogens with zero attached hydrogens (tertiary/aromatic N) is 2. The van der Waals surface area contributed by atoms with Crippen LogP contribution >= 0.6 is 0 Å². The Morgan fingerprint density at radius 1 is 1.04 bits per heavy atom. The minimum atomic E-state index is -1.44. The second-order valence-corrected chi connectivity index (χ2v) is 4.99. The van der Waals surface area contributed by atoms with Gasteiger partial charge in [0.25, 0.3) is 17.2 Å². The number of nitro groups is 2. The van der Waals surface area contributed by atoms with E-state index in [2.05, 4.69) is 0 Å². The molecule has 1 heterocycles. The SMILES string of the molecule is CC1(C)OC(=O)C(=Cc2ccc([N+](=O)[O-])cc2[N+](=O)[O-])C(=O)O1. The smallest absolute Gasteiger partial charge is 0.348 e. The highest BCUT2D eigenvalue weighted by atomic mass is 16.7. The molecule has 1 aliphatic heterocycles. The van der Waals surface area contributed by atoms with Gasteiger partial charge in [-0.1, -0.05) is 0 Å². The highest BCUT2D eigenvalue weighted by Gasteiger charge is 2.39. The van der Waals surface area contributed by atoms with Gasteiger partial charge in [0.1, 0.15) is 5.57 Å². The van der Waals surface area contributed by atoms with Crippen molar-refractivity contribution in [2.45, 2.75) is 19.6 Å². The summed E-state index contributed by atoms with van der Waals surface area (Å²) in [5.74, 6) is -3.44. The molecule has 1 fully saturated rings.